The highest BCUT2D eigenvalue weighted by molar-refractivity contribution is 7.11. The first-order chi connectivity index (χ1) is 7.71. The first kappa shape index (κ1) is 13.6. The summed E-state index contributed by atoms with van der Waals surface area (Å²) in [5.74, 6) is 5.57. The van der Waals surface area contributed by atoms with Gasteiger partial charge in [-0.05, 0) is 32.4 Å². The molecule has 0 aromatic carbocycles. The van der Waals surface area contributed by atoms with Crippen molar-refractivity contribution in [1.82, 2.24) is 5.43 Å². The summed E-state index contributed by atoms with van der Waals surface area (Å²) in [7, 11) is 0. The van der Waals surface area contributed by atoms with Gasteiger partial charge in [0.2, 0.25) is 0 Å². The smallest absolute Gasteiger partial charge is 0.0716 e. The first-order valence-electron chi connectivity index (χ1n) is 5.86. The molecule has 0 fully saturated rings. The molecule has 0 saturated heterocycles. The Bertz CT molecular complexity index is 301. The Morgan fingerprint density at radius 1 is 1.38 bits per heavy atom. The average molecular weight is 242 g/mol. The summed E-state index contributed by atoms with van der Waals surface area (Å²) >= 11 is 1.86. The molecule has 92 valence electrons. The Kier molecular flexibility index (Phi) is 5.98. The van der Waals surface area contributed by atoms with Gasteiger partial charge in [0, 0.05) is 22.8 Å². The van der Waals surface area contributed by atoms with Crippen molar-refractivity contribution in [2.75, 3.05) is 6.61 Å². The van der Waals surface area contributed by atoms with Crippen LogP contribution in [0.25, 0.3) is 0 Å². The molecule has 4 heteroatoms. The van der Waals surface area contributed by atoms with Crippen molar-refractivity contribution in [3.63, 3.8) is 0 Å². The SMILES string of the molecule is CCOC(C)C(Cc1ccc(CC)s1)NN. The van der Waals surface area contributed by atoms with E-state index in [0.29, 0.717) is 0 Å². The van der Waals surface area contributed by atoms with E-state index in [1.165, 1.54) is 9.75 Å². The van der Waals surface area contributed by atoms with Crippen molar-refractivity contribution in [2.45, 2.75) is 45.8 Å². The van der Waals surface area contributed by atoms with E-state index in [1.54, 1.807) is 0 Å². The predicted octanol–water partition coefficient (Wildman–Crippen LogP) is 2.11. The minimum atomic E-state index is 0.141. The number of ether oxygens (including phenoxy) is 1. The van der Waals surface area contributed by atoms with Crippen LogP contribution >= 0.6 is 11.3 Å². The quantitative estimate of drug-likeness (QED) is 0.568. The van der Waals surface area contributed by atoms with Crippen LogP contribution in [0.1, 0.15) is 30.5 Å². The van der Waals surface area contributed by atoms with Crippen LogP contribution in [0.15, 0.2) is 12.1 Å². The highest BCUT2D eigenvalue weighted by Gasteiger charge is 2.17. The van der Waals surface area contributed by atoms with Crippen LogP contribution in [0.3, 0.4) is 0 Å². The van der Waals surface area contributed by atoms with Crippen LogP contribution < -0.4 is 11.3 Å². The zero-order valence-electron chi connectivity index (χ0n) is 10.3. The van der Waals surface area contributed by atoms with Crippen molar-refractivity contribution >= 4 is 11.3 Å². The summed E-state index contributed by atoms with van der Waals surface area (Å²) < 4.78 is 5.56. The molecule has 2 atom stereocenters. The Balaban J connectivity index is 2.55. The van der Waals surface area contributed by atoms with Gasteiger partial charge in [0.1, 0.15) is 0 Å². The van der Waals surface area contributed by atoms with Crippen LogP contribution in [0.5, 0.6) is 0 Å². The van der Waals surface area contributed by atoms with E-state index in [4.69, 9.17) is 10.6 Å². The lowest BCUT2D eigenvalue weighted by Crippen LogP contribution is -2.45. The minimum absolute atomic E-state index is 0.141. The van der Waals surface area contributed by atoms with Crippen LogP contribution in [0, 0.1) is 0 Å². The zero-order valence-corrected chi connectivity index (χ0v) is 11.1. The number of hydrogen-bond donors (Lipinski definition) is 2. The third-order valence-corrected chi connectivity index (χ3v) is 3.95. The van der Waals surface area contributed by atoms with Gasteiger partial charge in [-0.25, -0.2) is 0 Å². The van der Waals surface area contributed by atoms with Crippen molar-refractivity contribution < 1.29 is 4.74 Å². The van der Waals surface area contributed by atoms with Crippen molar-refractivity contribution in [3.8, 4) is 0 Å². The Morgan fingerprint density at radius 3 is 2.56 bits per heavy atom. The van der Waals surface area contributed by atoms with E-state index in [9.17, 15) is 0 Å². The standard InChI is InChI=1S/C12H22N2OS/c1-4-10-6-7-11(16-10)8-12(14-13)9(3)15-5-2/h6-7,9,12,14H,4-5,8,13H2,1-3H3. The topological polar surface area (TPSA) is 47.3 Å². The summed E-state index contributed by atoms with van der Waals surface area (Å²) in [4.78, 5) is 2.79. The van der Waals surface area contributed by atoms with Crippen LogP contribution in [0.2, 0.25) is 0 Å². The van der Waals surface area contributed by atoms with Gasteiger partial charge in [0.05, 0.1) is 12.1 Å². The lowest BCUT2D eigenvalue weighted by molar-refractivity contribution is 0.0478. The molecule has 3 nitrogen and oxygen atoms in total. The maximum absolute atomic E-state index is 5.57. The second kappa shape index (κ2) is 7.01. The molecule has 0 bridgehead atoms. The third-order valence-electron chi connectivity index (χ3n) is 2.70. The Labute approximate surface area is 102 Å². The highest BCUT2D eigenvalue weighted by Crippen LogP contribution is 2.19. The summed E-state index contributed by atoms with van der Waals surface area (Å²) in [6.07, 6.45) is 2.18. The van der Waals surface area contributed by atoms with Crippen LogP contribution in [-0.4, -0.2) is 18.8 Å². The molecule has 0 radical (unpaired) electrons. The van der Waals surface area contributed by atoms with Crippen molar-refractivity contribution in [3.05, 3.63) is 21.9 Å². The first-order valence-corrected chi connectivity index (χ1v) is 6.68. The lowest BCUT2D eigenvalue weighted by atomic mass is 10.1. The number of thiophene rings is 1. The molecule has 16 heavy (non-hydrogen) atoms. The molecule has 2 unspecified atom stereocenters. The Morgan fingerprint density at radius 2 is 2.06 bits per heavy atom. The van der Waals surface area contributed by atoms with Crippen LogP contribution in [-0.2, 0) is 17.6 Å². The number of hydrogen-bond acceptors (Lipinski definition) is 4. The molecule has 0 amide bonds. The van der Waals surface area contributed by atoms with E-state index < -0.39 is 0 Å². The number of rotatable bonds is 7. The molecule has 1 heterocycles. The van der Waals surface area contributed by atoms with E-state index in [2.05, 4.69) is 31.4 Å². The zero-order chi connectivity index (χ0) is 12.0. The van der Waals surface area contributed by atoms with Gasteiger partial charge in [-0.3, -0.25) is 11.3 Å². The molecule has 0 aliphatic rings. The lowest BCUT2D eigenvalue weighted by Gasteiger charge is -2.22. The van der Waals surface area contributed by atoms with Gasteiger partial charge in [0.25, 0.3) is 0 Å². The van der Waals surface area contributed by atoms with Gasteiger partial charge >= 0.3 is 0 Å². The fourth-order valence-corrected chi connectivity index (χ4v) is 2.69. The summed E-state index contributed by atoms with van der Waals surface area (Å²) in [6, 6.07) is 4.56. The van der Waals surface area contributed by atoms with Gasteiger partial charge in [0.15, 0.2) is 0 Å². The van der Waals surface area contributed by atoms with Gasteiger partial charge in [-0.1, -0.05) is 6.92 Å². The number of hydrazine groups is 1. The Hall–Kier alpha value is -0.420. The average Bonchev–Trinajstić information content (AvgIpc) is 2.73. The molecule has 0 aliphatic heterocycles. The largest absolute Gasteiger partial charge is 0.377 e. The van der Waals surface area contributed by atoms with Gasteiger partial charge in [-0.15, -0.1) is 11.3 Å². The monoisotopic (exact) mass is 242 g/mol. The number of aryl methyl sites for hydroxylation is 1. The third kappa shape index (κ3) is 3.87. The van der Waals surface area contributed by atoms with E-state index in [1.807, 2.05) is 18.3 Å². The fraction of sp³-hybridized carbons (Fsp3) is 0.667. The summed E-state index contributed by atoms with van der Waals surface area (Å²) in [5.41, 5.74) is 2.84. The molecule has 0 spiro atoms. The normalized spacial score (nSPS) is 15.0. The minimum Gasteiger partial charge on any atom is -0.377 e. The van der Waals surface area contributed by atoms with Gasteiger partial charge in [-0.2, -0.15) is 0 Å². The van der Waals surface area contributed by atoms with Crippen LogP contribution in [0.4, 0.5) is 0 Å². The molecule has 1 aromatic rings. The molecule has 1 aromatic heterocycles. The van der Waals surface area contributed by atoms with E-state index in [0.717, 1.165) is 19.4 Å². The maximum Gasteiger partial charge on any atom is 0.0716 e. The summed E-state index contributed by atoms with van der Waals surface area (Å²) in [5, 5.41) is 0. The molecule has 3 N–H and O–H groups in total. The van der Waals surface area contributed by atoms with Gasteiger partial charge < -0.3 is 4.74 Å². The molecular weight excluding hydrogens is 220 g/mol. The second-order valence-corrected chi connectivity index (χ2v) is 5.11. The second-order valence-electron chi connectivity index (χ2n) is 3.86. The number of nitrogens with one attached hydrogen (secondary N) is 1. The molecular formula is C12H22N2OS. The molecule has 1 rings (SSSR count). The van der Waals surface area contributed by atoms with E-state index >= 15 is 0 Å². The highest BCUT2D eigenvalue weighted by atomic mass is 32.1. The fourth-order valence-electron chi connectivity index (χ4n) is 1.68. The predicted molar refractivity (Wildman–Crippen MR) is 69.6 cm³/mol. The molecule has 0 saturated carbocycles. The summed E-state index contributed by atoms with van der Waals surface area (Å²) in [6.45, 7) is 6.97. The maximum atomic E-state index is 5.57. The number of nitrogens with two attached hydrogens (primary N) is 1. The van der Waals surface area contributed by atoms with Crippen molar-refractivity contribution in [1.29, 1.82) is 0 Å². The van der Waals surface area contributed by atoms with Crippen molar-refractivity contribution in [2.24, 2.45) is 5.84 Å². The van der Waals surface area contributed by atoms with E-state index in [-0.39, 0.29) is 12.1 Å². The molecule has 0 aliphatic carbocycles.